The van der Waals surface area contributed by atoms with E-state index in [0.29, 0.717) is 0 Å². The average Bonchev–Trinajstić information content (AvgIpc) is 2.33. The monoisotopic (exact) mass is 223 g/mol. The third kappa shape index (κ3) is 2.30. The van der Waals surface area contributed by atoms with Crippen molar-refractivity contribution < 1.29 is 0 Å². The molecule has 94 valence electrons. The Morgan fingerprint density at radius 2 is 1.75 bits per heavy atom. The normalized spacial score (nSPS) is 45.6. The first kappa shape index (κ1) is 12.4. The van der Waals surface area contributed by atoms with Crippen LogP contribution in [0.5, 0.6) is 0 Å². The fraction of sp³-hybridized carbons (Fsp3) is 1.00. The van der Waals surface area contributed by atoms with Crippen LogP contribution in [-0.4, -0.2) is 5.54 Å². The molecule has 0 saturated heterocycles. The third-order valence-corrected chi connectivity index (χ3v) is 5.60. The van der Waals surface area contributed by atoms with Crippen molar-refractivity contribution in [2.75, 3.05) is 0 Å². The largest absolute Gasteiger partial charge is 0.325 e. The zero-order valence-electron chi connectivity index (χ0n) is 11.2. The Bertz CT molecular complexity index is 217. The number of rotatable bonds is 2. The molecular formula is C15H29N. The van der Waals surface area contributed by atoms with Crippen molar-refractivity contribution in [3.8, 4) is 0 Å². The standard InChI is InChI=1S/C15H29N/c1-3-13-7-9-14(10-8-13)15(16)11-5-4-6-12(15)2/h12-14H,3-11,16H2,1-2H3. The van der Waals surface area contributed by atoms with Gasteiger partial charge in [-0.15, -0.1) is 0 Å². The van der Waals surface area contributed by atoms with Crippen molar-refractivity contribution in [2.45, 2.75) is 77.2 Å². The number of hydrogen-bond donors (Lipinski definition) is 1. The van der Waals surface area contributed by atoms with Crippen LogP contribution in [0.3, 0.4) is 0 Å². The first-order chi connectivity index (χ1) is 7.66. The molecule has 2 saturated carbocycles. The minimum atomic E-state index is 0.191. The first-order valence-electron chi connectivity index (χ1n) is 7.45. The summed E-state index contributed by atoms with van der Waals surface area (Å²) in [6.45, 7) is 4.73. The van der Waals surface area contributed by atoms with Gasteiger partial charge in [-0.3, -0.25) is 0 Å². The molecule has 2 aliphatic carbocycles. The Morgan fingerprint density at radius 1 is 1.06 bits per heavy atom. The molecule has 2 unspecified atom stereocenters. The number of nitrogens with two attached hydrogens (primary N) is 1. The molecular weight excluding hydrogens is 194 g/mol. The van der Waals surface area contributed by atoms with Crippen LogP contribution in [0.2, 0.25) is 0 Å². The molecule has 0 aromatic heterocycles. The van der Waals surface area contributed by atoms with Crippen molar-refractivity contribution in [1.29, 1.82) is 0 Å². The highest BCUT2D eigenvalue weighted by Crippen LogP contribution is 2.44. The molecule has 0 aromatic rings. The van der Waals surface area contributed by atoms with Crippen LogP contribution in [0, 0.1) is 17.8 Å². The van der Waals surface area contributed by atoms with Gasteiger partial charge in [-0.05, 0) is 43.4 Å². The number of hydrogen-bond acceptors (Lipinski definition) is 1. The van der Waals surface area contributed by atoms with Crippen molar-refractivity contribution in [1.82, 2.24) is 0 Å². The van der Waals surface area contributed by atoms with E-state index in [2.05, 4.69) is 13.8 Å². The Balaban J connectivity index is 1.96. The van der Waals surface area contributed by atoms with Gasteiger partial charge in [0.2, 0.25) is 0 Å². The molecule has 0 heterocycles. The molecule has 2 aliphatic rings. The van der Waals surface area contributed by atoms with E-state index < -0.39 is 0 Å². The molecule has 0 spiro atoms. The molecule has 16 heavy (non-hydrogen) atoms. The second-order valence-corrected chi connectivity index (χ2v) is 6.39. The van der Waals surface area contributed by atoms with Crippen LogP contribution in [0.4, 0.5) is 0 Å². The highest BCUT2D eigenvalue weighted by molar-refractivity contribution is 4.99. The Kier molecular flexibility index (Phi) is 3.94. The van der Waals surface area contributed by atoms with E-state index in [1.807, 2.05) is 0 Å². The quantitative estimate of drug-likeness (QED) is 0.749. The van der Waals surface area contributed by atoms with Crippen molar-refractivity contribution in [3.05, 3.63) is 0 Å². The highest BCUT2D eigenvalue weighted by Gasteiger charge is 2.42. The van der Waals surface area contributed by atoms with E-state index in [1.54, 1.807) is 0 Å². The van der Waals surface area contributed by atoms with E-state index in [0.717, 1.165) is 17.8 Å². The fourth-order valence-electron chi connectivity index (χ4n) is 4.11. The second kappa shape index (κ2) is 5.08. The van der Waals surface area contributed by atoms with Crippen LogP contribution < -0.4 is 5.73 Å². The Labute approximate surface area is 101 Å². The lowest BCUT2D eigenvalue weighted by molar-refractivity contribution is 0.0857. The van der Waals surface area contributed by atoms with Crippen LogP contribution in [0.25, 0.3) is 0 Å². The van der Waals surface area contributed by atoms with Crippen LogP contribution >= 0.6 is 0 Å². The first-order valence-corrected chi connectivity index (χ1v) is 7.45. The van der Waals surface area contributed by atoms with Gasteiger partial charge in [-0.2, -0.15) is 0 Å². The topological polar surface area (TPSA) is 26.0 Å². The summed E-state index contributed by atoms with van der Waals surface area (Å²) in [5, 5.41) is 0. The molecule has 0 bridgehead atoms. The van der Waals surface area contributed by atoms with Crippen LogP contribution in [0.1, 0.15) is 71.6 Å². The summed E-state index contributed by atoms with van der Waals surface area (Å²) >= 11 is 0. The molecule has 2 rings (SSSR count). The van der Waals surface area contributed by atoms with E-state index in [1.165, 1.54) is 57.8 Å². The van der Waals surface area contributed by atoms with Gasteiger partial charge in [0, 0.05) is 5.54 Å². The smallest absolute Gasteiger partial charge is 0.0208 e. The second-order valence-electron chi connectivity index (χ2n) is 6.39. The van der Waals surface area contributed by atoms with Crippen molar-refractivity contribution in [3.63, 3.8) is 0 Å². The van der Waals surface area contributed by atoms with Gasteiger partial charge in [0.25, 0.3) is 0 Å². The van der Waals surface area contributed by atoms with Gasteiger partial charge < -0.3 is 5.73 Å². The highest BCUT2D eigenvalue weighted by atomic mass is 14.8. The zero-order valence-corrected chi connectivity index (χ0v) is 11.2. The molecule has 0 radical (unpaired) electrons. The van der Waals surface area contributed by atoms with Crippen molar-refractivity contribution >= 4 is 0 Å². The summed E-state index contributed by atoms with van der Waals surface area (Å²) in [6, 6.07) is 0. The van der Waals surface area contributed by atoms with E-state index in [-0.39, 0.29) is 5.54 Å². The maximum Gasteiger partial charge on any atom is 0.0208 e. The Hall–Kier alpha value is -0.0400. The summed E-state index contributed by atoms with van der Waals surface area (Å²) in [4.78, 5) is 0. The van der Waals surface area contributed by atoms with Crippen molar-refractivity contribution in [2.24, 2.45) is 23.5 Å². The van der Waals surface area contributed by atoms with E-state index >= 15 is 0 Å². The fourth-order valence-corrected chi connectivity index (χ4v) is 4.11. The molecule has 0 aliphatic heterocycles. The average molecular weight is 223 g/mol. The summed E-state index contributed by atoms with van der Waals surface area (Å²) in [6.07, 6.45) is 12.5. The summed E-state index contributed by atoms with van der Waals surface area (Å²) in [5.41, 5.74) is 6.96. The lowest BCUT2D eigenvalue weighted by Crippen LogP contribution is -2.54. The van der Waals surface area contributed by atoms with E-state index in [4.69, 9.17) is 5.73 Å². The third-order valence-electron chi connectivity index (χ3n) is 5.60. The maximum atomic E-state index is 6.76. The van der Waals surface area contributed by atoms with Crippen LogP contribution in [-0.2, 0) is 0 Å². The maximum absolute atomic E-state index is 6.76. The van der Waals surface area contributed by atoms with Crippen LogP contribution in [0.15, 0.2) is 0 Å². The predicted molar refractivity (Wildman–Crippen MR) is 70.3 cm³/mol. The molecule has 0 amide bonds. The van der Waals surface area contributed by atoms with Gasteiger partial charge in [0.05, 0.1) is 0 Å². The zero-order chi connectivity index (χ0) is 11.6. The van der Waals surface area contributed by atoms with Gasteiger partial charge in [0.15, 0.2) is 0 Å². The molecule has 1 heteroatoms. The summed E-state index contributed by atoms with van der Waals surface area (Å²) < 4.78 is 0. The SMILES string of the molecule is CCC1CCC(C2(N)CCCCC2C)CC1. The van der Waals surface area contributed by atoms with Gasteiger partial charge in [-0.25, -0.2) is 0 Å². The summed E-state index contributed by atoms with van der Waals surface area (Å²) in [7, 11) is 0. The minimum absolute atomic E-state index is 0.191. The molecule has 2 atom stereocenters. The van der Waals surface area contributed by atoms with E-state index in [9.17, 15) is 0 Å². The lowest BCUT2D eigenvalue weighted by atomic mass is 9.62. The Morgan fingerprint density at radius 3 is 2.31 bits per heavy atom. The molecule has 0 aromatic carbocycles. The minimum Gasteiger partial charge on any atom is -0.325 e. The summed E-state index contributed by atoms with van der Waals surface area (Å²) in [5.74, 6) is 2.58. The predicted octanol–water partition coefficient (Wildman–Crippen LogP) is 4.11. The van der Waals surface area contributed by atoms with Gasteiger partial charge in [0.1, 0.15) is 0 Å². The molecule has 2 fully saturated rings. The van der Waals surface area contributed by atoms with Gasteiger partial charge >= 0.3 is 0 Å². The molecule has 2 N–H and O–H groups in total. The molecule has 1 nitrogen and oxygen atoms in total. The van der Waals surface area contributed by atoms with Gasteiger partial charge in [-0.1, -0.05) is 46.0 Å². The lowest BCUT2D eigenvalue weighted by Gasteiger charge is -2.48.